The molecular formula is C24H23N3O3. The number of nitrogens with one attached hydrogen (secondary N) is 3. The third kappa shape index (κ3) is 4.49. The number of anilines is 3. The minimum Gasteiger partial charge on any atom is -0.326 e. The second-order valence-corrected chi connectivity index (χ2v) is 7.44. The van der Waals surface area contributed by atoms with Crippen LogP contribution in [0.5, 0.6) is 0 Å². The first-order valence-corrected chi connectivity index (χ1v) is 10.1. The van der Waals surface area contributed by atoms with Crippen LogP contribution in [0, 0.1) is 5.92 Å². The summed E-state index contributed by atoms with van der Waals surface area (Å²) >= 11 is 0. The fourth-order valence-electron chi connectivity index (χ4n) is 3.20. The molecule has 0 bridgehead atoms. The lowest BCUT2D eigenvalue weighted by Gasteiger charge is -2.13. The minimum atomic E-state index is -0.308. The first-order chi connectivity index (χ1) is 14.5. The van der Waals surface area contributed by atoms with Crippen molar-refractivity contribution in [1.29, 1.82) is 0 Å². The molecular weight excluding hydrogens is 378 g/mol. The largest absolute Gasteiger partial charge is 0.326 e. The predicted octanol–water partition coefficient (Wildman–Crippen LogP) is 4.79. The average Bonchev–Trinajstić information content (AvgIpc) is 3.60. The smallest absolute Gasteiger partial charge is 0.257 e. The number of fused-ring (bicyclic) bond motifs is 1. The summed E-state index contributed by atoms with van der Waals surface area (Å²) in [5, 5.41) is 10.4. The van der Waals surface area contributed by atoms with Crippen molar-refractivity contribution in [1.82, 2.24) is 0 Å². The predicted molar refractivity (Wildman–Crippen MR) is 119 cm³/mol. The van der Waals surface area contributed by atoms with Crippen LogP contribution in [0.25, 0.3) is 10.8 Å². The van der Waals surface area contributed by atoms with E-state index >= 15 is 0 Å². The van der Waals surface area contributed by atoms with Crippen molar-refractivity contribution in [2.75, 3.05) is 16.0 Å². The van der Waals surface area contributed by atoms with E-state index in [1.807, 2.05) is 30.3 Å². The highest BCUT2D eigenvalue weighted by Crippen LogP contribution is 2.32. The third-order valence-corrected chi connectivity index (χ3v) is 5.08. The molecule has 0 aliphatic heterocycles. The molecule has 1 saturated carbocycles. The Morgan fingerprint density at radius 1 is 0.833 bits per heavy atom. The van der Waals surface area contributed by atoms with Crippen molar-refractivity contribution in [2.45, 2.75) is 26.2 Å². The summed E-state index contributed by atoms with van der Waals surface area (Å²) in [7, 11) is 0. The molecule has 0 radical (unpaired) electrons. The fraction of sp³-hybridized carbons (Fsp3) is 0.208. The van der Waals surface area contributed by atoms with Crippen molar-refractivity contribution in [3.63, 3.8) is 0 Å². The Morgan fingerprint density at radius 2 is 1.43 bits per heavy atom. The zero-order valence-corrected chi connectivity index (χ0v) is 16.7. The Bertz CT molecular complexity index is 1120. The third-order valence-electron chi connectivity index (χ3n) is 5.08. The summed E-state index contributed by atoms with van der Waals surface area (Å²) in [5.41, 5.74) is 2.19. The molecule has 152 valence electrons. The van der Waals surface area contributed by atoms with Gasteiger partial charge in [0.2, 0.25) is 11.8 Å². The van der Waals surface area contributed by atoms with Gasteiger partial charge in [-0.3, -0.25) is 14.4 Å². The lowest BCUT2D eigenvalue weighted by molar-refractivity contribution is -0.117. The normalized spacial score (nSPS) is 13.0. The highest BCUT2D eigenvalue weighted by Gasteiger charge is 2.30. The van der Waals surface area contributed by atoms with Gasteiger partial charge < -0.3 is 16.0 Å². The summed E-state index contributed by atoms with van der Waals surface area (Å²) < 4.78 is 0. The van der Waals surface area contributed by atoms with Gasteiger partial charge in [0, 0.05) is 23.7 Å². The Kier molecular flexibility index (Phi) is 5.48. The van der Waals surface area contributed by atoms with Gasteiger partial charge >= 0.3 is 0 Å². The Balaban J connectivity index is 1.58. The van der Waals surface area contributed by atoms with Gasteiger partial charge in [-0.15, -0.1) is 0 Å². The number of carbonyl (C=O) groups excluding carboxylic acids is 3. The highest BCUT2D eigenvalue weighted by molar-refractivity contribution is 6.13. The van der Waals surface area contributed by atoms with E-state index in [0.717, 1.165) is 23.6 Å². The summed E-state index contributed by atoms with van der Waals surface area (Å²) in [5.74, 6) is -0.384. The first kappa shape index (κ1) is 19.6. The van der Waals surface area contributed by atoms with Crippen LogP contribution < -0.4 is 16.0 Å². The van der Waals surface area contributed by atoms with Crippen molar-refractivity contribution in [3.05, 3.63) is 66.2 Å². The Hall–Kier alpha value is -3.67. The van der Waals surface area contributed by atoms with Crippen LogP contribution in [0.15, 0.2) is 60.7 Å². The molecule has 6 nitrogen and oxygen atoms in total. The second kappa shape index (κ2) is 8.37. The van der Waals surface area contributed by atoms with Gasteiger partial charge in [-0.25, -0.2) is 0 Å². The summed E-state index contributed by atoms with van der Waals surface area (Å²) in [6.07, 6.45) is 2.18. The Morgan fingerprint density at radius 3 is 2.03 bits per heavy atom. The van der Waals surface area contributed by atoms with Crippen molar-refractivity contribution < 1.29 is 14.4 Å². The molecule has 3 aromatic carbocycles. The molecule has 1 aliphatic carbocycles. The van der Waals surface area contributed by atoms with Crippen LogP contribution >= 0.6 is 0 Å². The van der Waals surface area contributed by atoms with Crippen LogP contribution in [-0.4, -0.2) is 17.7 Å². The fourth-order valence-corrected chi connectivity index (χ4v) is 3.20. The topological polar surface area (TPSA) is 87.3 Å². The quantitative estimate of drug-likeness (QED) is 0.555. The van der Waals surface area contributed by atoms with Crippen LogP contribution in [0.2, 0.25) is 0 Å². The van der Waals surface area contributed by atoms with E-state index in [0.29, 0.717) is 29.0 Å². The van der Waals surface area contributed by atoms with Crippen LogP contribution in [-0.2, 0) is 9.59 Å². The van der Waals surface area contributed by atoms with Crippen molar-refractivity contribution in [2.24, 2.45) is 5.92 Å². The maximum absolute atomic E-state index is 13.0. The number of hydrogen-bond donors (Lipinski definition) is 3. The average molecular weight is 401 g/mol. The van der Waals surface area contributed by atoms with Gasteiger partial charge in [-0.1, -0.05) is 31.2 Å². The highest BCUT2D eigenvalue weighted by atomic mass is 16.2. The number of rotatable bonds is 6. The molecule has 1 fully saturated rings. The summed E-state index contributed by atoms with van der Waals surface area (Å²) in [6, 6.07) is 18.3. The van der Waals surface area contributed by atoms with Gasteiger partial charge in [0.15, 0.2) is 0 Å². The molecule has 3 amide bonds. The number of amides is 3. The second-order valence-electron chi connectivity index (χ2n) is 7.44. The molecule has 0 spiro atoms. The monoisotopic (exact) mass is 401 g/mol. The molecule has 1 aliphatic rings. The number of benzene rings is 3. The van der Waals surface area contributed by atoms with Gasteiger partial charge in [0.25, 0.3) is 5.91 Å². The number of carbonyl (C=O) groups is 3. The lowest BCUT2D eigenvalue weighted by Crippen LogP contribution is -2.19. The van der Waals surface area contributed by atoms with E-state index < -0.39 is 0 Å². The summed E-state index contributed by atoms with van der Waals surface area (Å²) in [6.45, 7) is 1.78. The molecule has 0 atom stereocenters. The van der Waals surface area contributed by atoms with E-state index in [2.05, 4.69) is 16.0 Å². The maximum Gasteiger partial charge on any atom is 0.257 e. The standard InChI is InChI=1S/C24H23N3O3/c1-2-22(28)25-18-9-11-19(12-10-18)26-24(30)20-13-16-5-3-4-6-17(16)14-21(20)27-23(29)15-7-8-15/h3-6,9-15H,2,7-8H2,1H3,(H,25,28)(H,26,30)(H,27,29). The van der Waals surface area contributed by atoms with E-state index in [9.17, 15) is 14.4 Å². The number of hydrogen-bond acceptors (Lipinski definition) is 3. The van der Waals surface area contributed by atoms with Crippen LogP contribution in [0.3, 0.4) is 0 Å². The summed E-state index contributed by atoms with van der Waals surface area (Å²) in [4.78, 5) is 36.8. The van der Waals surface area contributed by atoms with E-state index in [4.69, 9.17) is 0 Å². The van der Waals surface area contributed by atoms with Crippen molar-refractivity contribution in [3.8, 4) is 0 Å². The molecule has 3 aromatic rings. The molecule has 0 unspecified atom stereocenters. The van der Waals surface area contributed by atoms with E-state index in [1.54, 1.807) is 37.3 Å². The molecule has 0 aromatic heterocycles. The van der Waals surface area contributed by atoms with Gasteiger partial charge in [-0.05, 0) is 60.0 Å². The minimum absolute atomic E-state index is 0.0401. The molecule has 0 heterocycles. The van der Waals surface area contributed by atoms with Gasteiger partial charge in [-0.2, -0.15) is 0 Å². The van der Waals surface area contributed by atoms with E-state index in [-0.39, 0.29) is 23.6 Å². The van der Waals surface area contributed by atoms with Gasteiger partial charge in [0.05, 0.1) is 11.3 Å². The lowest BCUT2D eigenvalue weighted by atomic mass is 10.0. The SMILES string of the molecule is CCC(=O)Nc1ccc(NC(=O)c2cc3ccccc3cc2NC(=O)C2CC2)cc1. The van der Waals surface area contributed by atoms with Crippen LogP contribution in [0.1, 0.15) is 36.5 Å². The van der Waals surface area contributed by atoms with Gasteiger partial charge in [0.1, 0.15) is 0 Å². The zero-order valence-electron chi connectivity index (χ0n) is 16.7. The molecule has 3 N–H and O–H groups in total. The molecule has 4 rings (SSSR count). The molecule has 6 heteroatoms. The zero-order chi connectivity index (χ0) is 21.1. The Labute approximate surface area is 174 Å². The maximum atomic E-state index is 13.0. The first-order valence-electron chi connectivity index (χ1n) is 10.1. The molecule has 0 saturated heterocycles. The molecule has 30 heavy (non-hydrogen) atoms. The van der Waals surface area contributed by atoms with Crippen LogP contribution in [0.4, 0.5) is 17.1 Å². The van der Waals surface area contributed by atoms with Crippen molar-refractivity contribution >= 4 is 45.6 Å². The van der Waals surface area contributed by atoms with E-state index in [1.165, 1.54) is 0 Å².